The van der Waals surface area contributed by atoms with Crippen LogP contribution in [-0.4, -0.2) is 34.0 Å². The van der Waals surface area contributed by atoms with Gasteiger partial charge in [-0.2, -0.15) is 0 Å². The quantitative estimate of drug-likeness (QED) is 0.137. The summed E-state index contributed by atoms with van der Waals surface area (Å²) in [6, 6.07) is 25.3. The first-order chi connectivity index (χ1) is 19.3. The van der Waals surface area contributed by atoms with Crippen molar-refractivity contribution < 1.29 is 24.3 Å². The number of carboxylic acids is 1. The molecule has 1 unspecified atom stereocenters. The molecule has 4 aromatic rings. The van der Waals surface area contributed by atoms with E-state index in [9.17, 15) is 19.2 Å². The number of thioether (sulfide) groups is 1. The Morgan fingerprint density at radius 3 is 2.08 bits per heavy atom. The van der Waals surface area contributed by atoms with Gasteiger partial charge in [-0.1, -0.05) is 24.3 Å². The molecule has 1 heterocycles. The van der Waals surface area contributed by atoms with E-state index < -0.39 is 23.0 Å². The highest BCUT2D eigenvalue weighted by molar-refractivity contribution is 8.00. The number of aromatic carboxylic acids is 1. The van der Waals surface area contributed by atoms with Gasteiger partial charge in [0.25, 0.3) is 11.8 Å². The predicted molar refractivity (Wildman–Crippen MR) is 159 cm³/mol. The van der Waals surface area contributed by atoms with E-state index in [4.69, 9.17) is 5.11 Å². The summed E-state index contributed by atoms with van der Waals surface area (Å²) in [7, 11) is 0. The number of rotatable bonds is 10. The second-order valence-electron chi connectivity index (χ2n) is 8.50. The first kappa shape index (κ1) is 28.3. The molecular formula is C30H25N3O5S2. The van der Waals surface area contributed by atoms with Gasteiger partial charge in [0, 0.05) is 26.7 Å². The Balaban J connectivity index is 1.37. The van der Waals surface area contributed by atoms with Gasteiger partial charge in [-0.15, -0.1) is 23.1 Å². The van der Waals surface area contributed by atoms with Crippen molar-refractivity contribution in [3.8, 4) is 0 Å². The number of hydrogen-bond acceptors (Lipinski definition) is 6. The highest BCUT2D eigenvalue weighted by atomic mass is 32.2. The van der Waals surface area contributed by atoms with Gasteiger partial charge in [-0.25, -0.2) is 4.79 Å². The van der Waals surface area contributed by atoms with E-state index in [-0.39, 0.29) is 17.2 Å². The van der Waals surface area contributed by atoms with E-state index in [1.54, 1.807) is 73.7 Å². The highest BCUT2D eigenvalue weighted by Gasteiger charge is 2.17. The highest BCUT2D eigenvalue weighted by Crippen LogP contribution is 2.26. The Hall–Kier alpha value is -4.67. The van der Waals surface area contributed by atoms with E-state index in [2.05, 4.69) is 16.0 Å². The van der Waals surface area contributed by atoms with Crippen LogP contribution in [0.2, 0.25) is 0 Å². The molecule has 0 saturated carbocycles. The van der Waals surface area contributed by atoms with Crippen molar-refractivity contribution in [1.29, 1.82) is 0 Å². The molecule has 0 aliphatic rings. The minimum Gasteiger partial charge on any atom is -0.478 e. The Bertz CT molecular complexity index is 1520. The summed E-state index contributed by atoms with van der Waals surface area (Å²) in [5.74, 6) is -2.13. The Labute approximate surface area is 239 Å². The molecule has 0 fully saturated rings. The first-order valence-corrected chi connectivity index (χ1v) is 13.9. The summed E-state index contributed by atoms with van der Waals surface area (Å²) in [6.07, 6.45) is 1.63. The van der Waals surface area contributed by atoms with Gasteiger partial charge in [0.15, 0.2) is 0 Å². The maximum Gasteiger partial charge on any atom is 0.335 e. The molecule has 40 heavy (non-hydrogen) atoms. The minimum absolute atomic E-state index is 0.108. The molecule has 0 saturated heterocycles. The standard InChI is InChI=1S/C30H25N3O5S2/c1-19(27(34)31-22-11-9-21(10-12-22)30(37)38)40-24-15-13-23(14-16-24)32-29(36)26(18-25-8-5-17-39-25)33-28(35)20-6-3-2-4-7-20/h2-19H,1H3,(H,31,34)(H,32,36)(H,33,35)(H,37,38)/b26-18-. The van der Waals surface area contributed by atoms with Crippen LogP contribution in [0.5, 0.6) is 0 Å². The van der Waals surface area contributed by atoms with Gasteiger partial charge in [0.05, 0.1) is 10.8 Å². The lowest BCUT2D eigenvalue weighted by atomic mass is 10.2. The molecule has 0 radical (unpaired) electrons. The van der Waals surface area contributed by atoms with Crippen molar-refractivity contribution in [2.45, 2.75) is 17.1 Å². The van der Waals surface area contributed by atoms with Gasteiger partial charge in [0.2, 0.25) is 5.91 Å². The third-order valence-corrected chi connectivity index (χ3v) is 7.48. The van der Waals surface area contributed by atoms with Crippen LogP contribution >= 0.6 is 23.1 Å². The van der Waals surface area contributed by atoms with Crippen molar-refractivity contribution >= 4 is 64.2 Å². The molecule has 1 atom stereocenters. The van der Waals surface area contributed by atoms with Gasteiger partial charge in [-0.3, -0.25) is 14.4 Å². The molecular weight excluding hydrogens is 546 g/mol. The molecule has 0 aliphatic heterocycles. The third kappa shape index (κ3) is 7.92. The van der Waals surface area contributed by atoms with Crippen molar-refractivity contribution in [2.75, 3.05) is 10.6 Å². The smallest absolute Gasteiger partial charge is 0.335 e. The number of carbonyl (C=O) groups is 4. The fourth-order valence-corrected chi connectivity index (χ4v) is 5.00. The molecule has 4 rings (SSSR count). The summed E-state index contributed by atoms with van der Waals surface area (Å²) in [4.78, 5) is 51.0. The van der Waals surface area contributed by atoms with Crippen LogP contribution < -0.4 is 16.0 Å². The number of amides is 3. The summed E-state index contributed by atoms with van der Waals surface area (Å²) in [6.45, 7) is 1.76. The fourth-order valence-electron chi connectivity index (χ4n) is 3.47. The zero-order chi connectivity index (χ0) is 28.5. The molecule has 202 valence electrons. The van der Waals surface area contributed by atoms with Crippen LogP contribution in [0.25, 0.3) is 6.08 Å². The van der Waals surface area contributed by atoms with Crippen LogP contribution in [0.15, 0.2) is 107 Å². The lowest BCUT2D eigenvalue weighted by molar-refractivity contribution is -0.115. The molecule has 8 nitrogen and oxygen atoms in total. The topological polar surface area (TPSA) is 125 Å². The number of nitrogens with one attached hydrogen (secondary N) is 3. The zero-order valence-corrected chi connectivity index (χ0v) is 22.9. The number of carboxylic acid groups (broad SMARTS) is 1. The second kappa shape index (κ2) is 13.4. The molecule has 0 aliphatic carbocycles. The van der Waals surface area contributed by atoms with E-state index in [1.807, 2.05) is 23.6 Å². The van der Waals surface area contributed by atoms with Gasteiger partial charge in [-0.05, 0) is 85.1 Å². The van der Waals surface area contributed by atoms with Crippen LogP contribution in [-0.2, 0) is 9.59 Å². The second-order valence-corrected chi connectivity index (χ2v) is 10.9. The largest absolute Gasteiger partial charge is 0.478 e. The van der Waals surface area contributed by atoms with E-state index >= 15 is 0 Å². The lowest BCUT2D eigenvalue weighted by Gasteiger charge is -2.13. The normalized spacial score (nSPS) is 11.8. The van der Waals surface area contributed by atoms with E-state index in [0.29, 0.717) is 16.9 Å². The minimum atomic E-state index is -1.03. The van der Waals surface area contributed by atoms with E-state index in [0.717, 1.165) is 9.77 Å². The van der Waals surface area contributed by atoms with E-state index in [1.165, 1.54) is 35.2 Å². The lowest BCUT2D eigenvalue weighted by Crippen LogP contribution is -2.30. The number of carbonyl (C=O) groups excluding carboxylic acids is 3. The van der Waals surface area contributed by atoms with Crippen LogP contribution in [0.1, 0.15) is 32.5 Å². The van der Waals surface area contributed by atoms with Gasteiger partial charge in [0.1, 0.15) is 5.70 Å². The first-order valence-electron chi connectivity index (χ1n) is 12.1. The van der Waals surface area contributed by atoms with Crippen LogP contribution in [0.4, 0.5) is 11.4 Å². The van der Waals surface area contributed by atoms with Gasteiger partial charge < -0.3 is 21.1 Å². The molecule has 3 amide bonds. The number of hydrogen-bond donors (Lipinski definition) is 4. The SMILES string of the molecule is CC(Sc1ccc(NC(=O)/C(=C/c2cccs2)NC(=O)c2ccccc2)cc1)C(=O)Nc1ccc(C(=O)O)cc1. The average Bonchev–Trinajstić information content (AvgIpc) is 3.47. The number of anilines is 2. The summed E-state index contributed by atoms with van der Waals surface area (Å²) >= 11 is 2.78. The van der Waals surface area contributed by atoms with Gasteiger partial charge >= 0.3 is 5.97 Å². The average molecular weight is 572 g/mol. The number of benzene rings is 3. The monoisotopic (exact) mass is 571 g/mol. The Morgan fingerprint density at radius 1 is 0.800 bits per heavy atom. The van der Waals surface area contributed by atoms with Crippen molar-refractivity contribution in [2.24, 2.45) is 0 Å². The van der Waals surface area contributed by atoms with Crippen molar-refractivity contribution in [1.82, 2.24) is 5.32 Å². The maximum atomic E-state index is 13.1. The summed E-state index contributed by atoms with van der Waals surface area (Å²) in [5, 5.41) is 18.7. The van der Waals surface area contributed by atoms with Crippen molar-refractivity contribution in [3.05, 3.63) is 118 Å². The zero-order valence-electron chi connectivity index (χ0n) is 21.3. The summed E-state index contributed by atoms with van der Waals surface area (Å²) < 4.78 is 0. The Morgan fingerprint density at radius 2 is 1.45 bits per heavy atom. The van der Waals surface area contributed by atoms with Crippen LogP contribution in [0.3, 0.4) is 0 Å². The molecule has 0 bridgehead atoms. The number of thiophene rings is 1. The summed E-state index contributed by atoms with van der Waals surface area (Å²) in [5.41, 5.74) is 1.71. The van der Waals surface area contributed by atoms with Crippen LogP contribution in [0, 0.1) is 0 Å². The fraction of sp³-hybridized carbons (Fsp3) is 0.0667. The molecule has 1 aromatic heterocycles. The predicted octanol–water partition coefficient (Wildman–Crippen LogP) is 5.98. The maximum absolute atomic E-state index is 13.1. The Kier molecular flexibility index (Phi) is 9.50. The third-order valence-electron chi connectivity index (χ3n) is 5.55. The molecule has 4 N–H and O–H groups in total. The molecule has 3 aromatic carbocycles. The molecule has 10 heteroatoms. The van der Waals surface area contributed by atoms with Crippen molar-refractivity contribution in [3.63, 3.8) is 0 Å². The molecule has 0 spiro atoms.